The highest BCUT2D eigenvalue weighted by Crippen LogP contribution is 2.45. The second-order valence-corrected chi connectivity index (χ2v) is 19.6. The summed E-state index contributed by atoms with van der Waals surface area (Å²) in [5.41, 5.74) is 2.97. The number of carbonyl (C=O) groups excluding carboxylic acids is 1. The summed E-state index contributed by atoms with van der Waals surface area (Å²) in [5.74, 6) is -0.383. The molecule has 6 heterocycles. The molecule has 13 nitrogen and oxygen atoms in total. The fourth-order valence-electron chi connectivity index (χ4n) is 8.41. The number of ether oxygens (including phenoxy) is 4. The summed E-state index contributed by atoms with van der Waals surface area (Å²) < 4.78 is 57.9. The Morgan fingerprint density at radius 3 is 2.39 bits per heavy atom. The molecule has 4 aromatic rings. The van der Waals surface area contributed by atoms with Crippen molar-refractivity contribution in [3.05, 3.63) is 70.0 Å². The van der Waals surface area contributed by atoms with Crippen molar-refractivity contribution in [2.45, 2.75) is 110 Å². The summed E-state index contributed by atoms with van der Waals surface area (Å²) in [4.78, 5) is 21.3. The lowest BCUT2D eigenvalue weighted by molar-refractivity contribution is -0.166. The minimum Gasteiger partial charge on any atom is -0.476 e. The molecule has 1 unspecified atom stereocenters. The Kier molecular flexibility index (Phi) is 11.2. The smallest absolute Gasteiger partial charge is 0.313 e. The number of sulfonamides is 1. The van der Waals surface area contributed by atoms with Crippen molar-refractivity contribution >= 4 is 27.0 Å². The van der Waals surface area contributed by atoms with Crippen LogP contribution in [-0.4, -0.2) is 101 Å². The van der Waals surface area contributed by atoms with Gasteiger partial charge in [0.1, 0.15) is 22.7 Å². The van der Waals surface area contributed by atoms with E-state index in [9.17, 15) is 13.2 Å². The first-order valence-electron chi connectivity index (χ1n) is 20.1. The van der Waals surface area contributed by atoms with Crippen molar-refractivity contribution in [3.8, 4) is 11.8 Å². The van der Waals surface area contributed by atoms with E-state index in [4.69, 9.17) is 23.9 Å². The predicted molar refractivity (Wildman–Crippen MR) is 217 cm³/mol. The molecular weight excluding hydrogens is 745 g/mol. The molecule has 0 amide bonds. The van der Waals surface area contributed by atoms with Gasteiger partial charge in [0.25, 0.3) is 0 Å². The number of aromatic nitrogens is 4. The van der Waals surface area contributed by atoms with Gasteiger partial charge in [0.15, 0.2) is 5.65 Å². The number of rotatable bonds is 10. The van der Waals surface area contributed by atoms with Gasteiger partial charge in [0.2, 0.25) is 21.8 Å². The molecule has 2 saturated heterocycles. The van der Waals surface area contributed by atoms with E-state index in [2.05, 4.69) is 21.2 Å². The number of aryl methyl sites for hydroxylation is 4. The van der Waals surface area contributed by atoms with E-state index >= 15 is 0 Å². The van der Waals surface area contributed by atoms with Crippen LogP contribution in [0.2, 0.25) is 0 Å². The number of likely N-dealkylation sites (tertiary alicyclic amines) is 1. The average molecular weight is 803 g/mol. The molecule has 14 heteroatoms. The molecule has 2 fully saturated rings. The number of nitrogens with zero attached hydrogens (tertiary/aromatic N) is 6. The van der Waals surface area contributed by atoms with Gasteiger partial charge in [-0.15, -0.1) is 5.10 Å². The maximum Gasteiger partial charge on any atom is 0.313 e. The van der Waals surface area contributed by atoms with E-state index in [-0.39, 0.29) is 29.8 Å². The van der Waals surface area contributed by atoms with Gasteiger partial charge in [0.05, 0.1) is 30.9 Å². The summed E-state index contributed by atoms with van der Waals surface area (Å²) in [6.45, 7) is 19.6. The molecule has 3 aliphatic rings. The summed E-state index contributed by atoms with van der Waals surface area (Å²) in [6.07, 6.45) is 3.40. The Morgan fingerprint density at radius 2 is 1.68 bits per heavy atom. The Balaban J connectivity index is 1.28. The standard InChI is InChI=1S/C43H58N6O7S/c1-28-12-13-31(36(42(7,8)40(50)56-41(4,5)6)34-25-32-23-30(3)45-46-37(32)47(34)9)24-33(28)26-49-27-43(14-19-53-20-15-43)55-39-35(57(49,51)52)22-29(2)38(44-39)54-21-18-48-16-10-11-17-48/h12-13,22-25,36H,10-11,14-21,26-27H2,1-9H3. The number of benzene rings is 1. The molecule has 7 rings (SSSR count). The van der Waals surface area contributed by atoms with E-state index in [0.29, 0.717) is 49.8 Å². The molecule has 3 aromatic heterocycles. The number of hydrogen-bond acceptors (Lipinski definition) is 11. The zero-order valence-corrected chi connectivity index (χ0v) is 35.8. The van der Waals surface area contributed by atoms with Gasteiger partial charge in [-0.3, -0.25) is 9.69 Å². The zero-order valence-electron chi connectivity index (χ0n) is 35.0. The van der Waals surface area contributed by atoms with Crippen LogP contribution in [-0.2, 0) is 37.9 Å². The molecule has 0 aliphatic carbocycles. The fraction of sp³-hybridized carbons (Fsp3) is 0.581. The number of carbonyl (C=O) groups is 1. The Labute approximate surface area is 337 Å². The number of fused-ring (bicyclic) bond motifs is 2. The lowest BCUT2D eigenvalue weighted by atomic mass is 9.72. The van der Waals surface area contributed by atoms with Gasteiger partial charge in [-0.25, -0.2) is 8.42 Å². The number of hydrogen-bond donors (Lipinski definition) is 0. The first-order chi connectivity index (χ1) is 26.9. The van der Waals surface area contributed by atoms with Crippen molar-refractivity contribution in [3.63, 3.8) is 0 Å². The van der Waals surface area contributed by atoms with Crippen LogP contribution >= 0.6 is 0 Å². The quantitative estimate of drug-likeness (QED) is 0.165. The third kappa shape index (κ3) is 8.41. The average Bonchev–Trinajstić information content (AvgIpc) is 3.75. The van der Waals surface area contributed by atoms with Gasteiger partial charge in [-0.2, -0.15) is 14.4 Å². The predicted octanol–water partition coefficient (Wildman–Crippen LogP) is 6.40. The third-order valence-corrected chi connectivity index (χ3v) is 13.5. The van der Waals surface area contributed by atoms with Crippen LogP contribution in [0.5, 0.6) is 11.8 Å². The maximum absolute atomic E-state index is 14.9. The molecular formula is C43H58N6O7S. The summed E-state index contributed by atoms with van der Waals surface area (Å²) in [5, 5.41) is 9.71. The molecule has 0 N–H and O–H groups in total. The van der Waals surface area contributed by atoms with Crippen LogP contribution in [0.15, 0.2) is 41.3 Å². The largest absolute Gasteiger partial charge is 0.476 e. The van der Waals surface area contributed by atoms with Crippen LogP contribution in [0.1, 0.15) is 99.9 Å². The normalized spacial score (nSPS) is 19.2. The summed E-state index contributed by atoms with van der Waals surface area (Å²) >= 11 is 0. The SMILES string of the molecule is Cc1cc2cc(C(c3ccc(C)c(CN4CC5(CCOCC5)Oc5nc(OCCN6CCCC6)c(C)cc5S4(=O)=O)c3)C(C)(C)C(=O)OC(C)(C)C)n(C)c2nn1. The highest BCUT2D eigenvalue weighted by molar-refractivity contribution is 7.89. The van der Waals surface area contributed by atoms with Crippen molar-refractivity contribution in [1.29, 1.82) is 0 Å². The molecule has 1 aromatic carbocycles. The molecule has 1 spiro atoms. The summed E-state index contributed by atoms with van der Waals surface area (Å²) in [6, 6.07) is 11.8. The van der Waals surface area contributed by atoms with Gasteiger partial charge in [0, 0.05) is 55.5 Å². The lowest BCUT2D eigenvalue weighted by Gasteiger charge is -2.38. The minimum atomic E-state index is -4.11. The van der Waals surface area contributed by atoms with E-state index in [0.717, 1.165) is 53.1 Å². The van der Waals surface area contributed by atoms with Gasteiger partial charge in [-0.1, -0.05) is 18.2 Å². The molecule has 308 valence electrons. The second kappa shape index (κ2) is 15.6. The lowest BCUT2D eigenvalue weighted by Crippen LogP contribution is -2.50. The van der Waals surface area contributed by atoms with E-state index in [1.54, 1.807) is 6.07 Å². The van der Waals surface area contributed by atoms with Crippen LogP contribution in [0.4, 0.5) is 0 Å². The minimum absolute atomic E-state index is 0.0277. The van der Waals surface area contributed by atoms with Crippen molar-refractivity contribution < 1.29 is 32.2 Å². The first-order valence-corrected chi connectivity index (χ1v) is 21.6. The second-order valence-electron chi connectivity index (χ2n) is 17.7. The van der Waals surface area contributed by atoms with E-state index in [1.165, 1.54) is 17.1 Å². The molecule has 57 heavy (non-hydrogen) atoms. The van der Waals surface area contributed by atoms with Crippen LogP contribution in [0.3, 0.4) is 0 Å². The topological polar surface area (TPSA) is 138 Å². The highest BCUT2D eigenvalue weighted by Gasteiger charge is 2.47. The van der Waals surface area contributed by atoms with Crippen LogP contribution in [0, 0.1) is 26.2 Å². The fourth-order valence-corrected chi connectivity index (χ4v) is 10.0. The monoisotopic (exact) mass is 802 g/mol. The first kappa shape index (κ1) is 41.1. The molecule has 0 saturated carbocycles. The van der Waals surface area contributed by atoms with Crippen LogP contribution < -0.4 is 9.47 Å². The molecule has 0 radical (unpaired) electrons. The summed E-state index contributed by atoms with van der Waals surface area (Å²) in [7, 11) is -2.18. The van der Waals surface area contributed by atoms with Crippen molar-refractivity contribution in [1.82, 2.24) is 29.0 Å². The van der Waals surface area contributed by atoms with E-state index in [1.807, 2.05) is 91.3 Å². The number of esters is 1. The molecule has 0 bridgehead atoms. The van der Waals surface area contributed by atoms with E-state index < -0.39 is 32.6 Å². The highest BCUT2D eigenvalue weighted by atomic mass is 32.2. The molecule has 1 atom stereocenters. The maximum atomic E-state index is 14.9. The van der Waals surface area contributed by atoms with Gasteiger partial charge in [-0.05, 0) is 116 Å². The Hall–Kier alpha value is -4.11. The zero-order chi connectivity index (χ0) is 40.9. The van der Waals surface area contributed by atoms with Crippen molar-refractivity contribution in [2.24, 2.45) is 12.5 Å². The molecule has 3 aliphatic heterocycles. The van der Waals surface area contributed by atoms with Crippen molar-refractivity contribution in [2.75, 3.05) is 46.0 Å². The third-order valence-electron chi connectivity index (χ3n) is 11.7. The van der Waals surface area contributed by atoms with Gasteiger partial charge < -0.3 is 23.5 Å². The van der Waals surface area contributed by atoms with Crippen LogP contribution in [0.25, 0.3) is 11.0 Å². The van der Waals surface area contributed by atoms with Gasteiger partial charge >= 0.3 is 5.97 Å². The number of pyridine rings is 1. The Morgan fingerprint density at radius 1 is 0.965 bits per heavy atom. The Bertz CT molecular complexity index is 2250.